The number of benzene rings is 2. The summed E-state index contributed by atoms with van der Waals surface area (Å²) in [7, 11) is 0. The first-order valence-corrected chi connectivity index (χ1v) is 5.88. The summed E-state index contributed by atoms with van der Waals surface area (Å²) >= 11 is 3.24. The lowest BCUT2D eigenvalue weighted by molar-refractivity contribution is 0.0997. The van der Waals surface area contributed by atoms with Crippen LogP contribution in [0.25, 0.3) is 10.8 Å². The van der Waals surface area contributed by atoms with Crippen LogP contribution in [0.15, 0.2) is 36.4 Å². The van der Waals surface area contributed by atoms with Crippen molar-refractivity contribution in [1.82, 2.24) is 0 Å². The average molecular weight is 281 g/mol. The molecule has 0 bridgehead atoms. The monoisotopic (exact) mass is 280 g/mol. The first-order valence-electron chi connectivity index (χ1n) is 4.96. The highest BCUT2D eigenvalue weighted by Gasteiger charge is 2.14. The highest BCUT2D eigenvalue weighted by atomic mass is 79.9. The number of fused-ring (bicyclic) bond motifs is 1. The van der Waals surface area contributed by atoms with E-state index in [1.165, 1.54) is 12.1 Å². The number of Topliss-reactive ketones (excluding diaryl/α,β-unsaturated/α-hetero) is 1. The van der Waals surface area contributed by atoms with E-state index in [1.807, 2.05) is 12.1 Å². The third-order valence-corrected chi connectivity index (χ3v) is 2.89. The van der Waals surface area contributed by atoms with E-state index in [0.29, 0.717) is 10.9 Å². The SMILES string of the molecule is CC(Br)C(=O)c1cccc2ccc(F)cc12. The molecule has 2 rings (SSSR count). The molecule has 1 atom stereocenters. The van der Waals surface area contributed by atoms with Gasteiger partial charge in [-0.1, -0.05) is 40.2 Å². The lowest BCUT2D eigenvalue weighted by atomic mass is 10.0. The van der Waals surface area contributed by atoms with E-state index < -0.39 is 0 Å². The molecular weight excluding hydrogens is 271 g/mol. The number of carbonyl (C=O) groups is 1. The van der Waals surface area contributed by atoms with Crippen LogP contribution in [0.2, 0.25) is 0 Å². The number of ketones is 1. The molecule has 0 saturated carbocycles. The highest BCUT2D eigenvalue weighted by molar-refractivity contribution is 9.10. The van der Waals surface area contributed by atoms with Crippen LogP contribution in [0.5, 0.6) is 0 Å². The minimum absolute atomic E-state index is 0.0313. The van der Waals surface area contributed by atoms with Gasteiger partial charge in [0.05, 0.1) is 4.83 Å². The van der Waals surface area contributed by atoms with Gasteiger partial charge in [0.25, 0.3) is 0 Å². The molecule has 0 aliphatic rings. The summed E-state index contributed by atoms with van der Waals surface area (Å²) in [5.74, 6) is -0.355. The van der Waals surface area contributed by atoms with Crippen molar-refractivity contribution in [3.63, 3.8) is 0 Å². The van der Waals surface area contributed by atoms with E-state index in [9.17, 15) is 9.18 Å². The molecule has 0 N–H and O–H groups in total. The van der Waals surface area contributed by atoms with Crippen molar-refractivity contribution in [2.45, 2.75) is 11.8 Å². The molecule has 16 heavy (non-hydrogen) atoms. The summed E-state index contributed by atoms with van der Waals surface area (Å²) in [5, 5.41) is 1.54. The van der Waals surface area contributed by atoms with Crippen molar-refractivity contribution in [3.8, 4) is 0 Å². The van der Waals surface area contributed by atoms with Gasteiger partial charge >= 0.3 is 0 Å². The van der Waals surface area contributed by atoms with Crippen molar-refractivity contribution in [1.29, 1.82) is 0 Å². The Morgan fingerprint density at radius 2 is 2.06 bits per heavy atom. The third kappa shape index (κ3) is 2.00. The van der Waals surface area contributed by atoms with Crippen molar-refractivity contribution in [2.24, 2.45) is 0 Å². The Hall–Kier alpha value is -1.22. The smallest absolute Gasteiger partial charge is 0.176 e. The van der Waals surface area contributed by atoms with E-state index in [-0.39, 0.29) is 16.4 Å². The van der Waals surface area contributed by atoms with Gasteiger partial charge in [0.15, 0.2) is 5.78 Å². The van der Waals surface area contributed by atoms with Gasteiger partial charge in [-0.05, 0) is 29.8 Å². The van der Waals surface area contributed by atoms with Gasteiger partial charge in [0, 0.05) is 5.56 Å². The fourth-order valence-corrected chi connectivity index (χ4v) is 1.92. The van der Waals surface area contributed by atoms with Gasteiger partial charge in [-0.3, -0.25) is 4.79 Å². The number of alkyl halides is 1. The van der Waals surface area contributed by atoms with Crippen LogP contribution in [-0.4, -0.2) is 10.6 Å². The predicted molar refractivity (Wildman–Crippen MR) is 66.6 cm³/mol. The molecule has 1 unspecified atom stereocenters. The second-order valence-corrected chi connectivity index (χ2v) is 5.02. The zero-order valence-electron chi connectivity index (χ0n) is 8.71. The second kappa shape index (κ2) is 4.34. The van der Waals surface area contributed by atoms with Gasteiger partial charge in [-0.25, -0.2) is 4.39 Å². The van der Waals surface area contributed by atoms with Gasteiger partial charge in [-0.15, -0.1) is 0 Å². The third-order valence-electron chi connectivity index (χ3n) is 2.47. The van der Waals surface area contributed by atoms with Crippen LogP contribution < -0.4 is 0 Å². The van der Waals surface area contributed by atoms with Crippen LogP contribution >= 0.6 is 15.9 Å². The molecule has 0 spiro atoms. The number of halogens is 2. The maximum atomic E-state index is 13.2. The summed E-state index contributed by atoms with van der Waals surface area (Å²) in [6, 6.07) is 9.88. The van der Waals surface area contributed by atoms with Crippen LogP contribution in [0, 0.1) is 5.82 Å². The molecule has 0 aliphatic carbocycles. The normalized spacial score (nSPS) is 12.7. The topological polar surface area (TPSA) is 17.1 Å². The molecule has 2 aromatic carbocycles. The van der Waals surface area contributed by atoms with Gasteiger partial charge in [-0.2, -0.15) is 0 Å². The number of carbonyl (C=O) groups excluding carboxylic acids is 1. The summed E-state index contributed by atoms with van der Waals surface area (Å²) in [5.41, 5.74) is 0.557. The fourth-order valence-electron chi connectivity index (χ4n) is 1.67. The molecule has 0 amide bonds. The van der Waals surface area contributed by atoms with Crippen LogP contribution in [0.1, 0.15) is 17.3 Å². The van der Waals surface area contributed by atoms with Crippen LogP contribution in [0.3, 0.4) is 0 Å². The molecule has 0 radical (unpaired) electrons. The van der Waals surface area contributed by atoms with Gasteiger partial charge < -0.3 is 0 Å². The van der Waals surface area contributed by atoms with Gasteiger partial charge in [0.1, 0.15) is 5.82 Å². The van der Waals surface area contributed by atoms with E-state index in [0.717, 1.165) is 5.39 Å². The first-order chi connectivity index (χ1) is 7.59. The maximum absolute atomic E-state index is 13.2. The van der Waals surface area contributed by atoms with E-state index in [4.69, 9.17) is 0 Å². The number of hydrogen-bond acceptors (Lipinski definition) is 1. The lowest BCUT2D eigenvalue weighted by Crippen LogP contribution is -2.10. The van der Waals surface area contributed by atoms with Crippen molar-refractivity contribution in [3.05, 3.63) is 47.8 Å². The average Bonchev–Trinajstić information content (AvgIpc) is 2.27. The van der Waals surface area contributed by atoms with Crippen molar-refractivity contribution >= 4 is 32.5 Å². The van der Waals surface area contributed by atoms with Crippen molar-refractivity contribution < 1.29 is 9.18 Å². The zero-order valence-corrected chi connectivity index (χ0v) is 10.3. The first kappa shape index (κ1) is 11.3. The summed E-state index contributed by atoms with van der Waals surface area (Å²) in [4.78, 5) is 11.6. The lowest BCUT2D eigenvalue weighted by Gasteiger charge is -2.07. The molecule has 82 valence electrons. The Bertz CT molecular complexity index is 549. The molecular formula is C13H10BrFO. The predicted octanol–water partition coefficient (Wildman–Crippen LogP) is 3.95. The Morgan fingerprint density at radius 1 is 1.31 bits per heavy atom. The molecule has 0 aromatic heterocycles. The summed E-state index contributed by atoms with van der Waals surface area (Å²) < 4.78 is 13.2. The Kier molecular flexibility index (Phi) is 3.06. The molecule has 2 aromatic rings. The Balaban J connectivity index is 2.69. The second-order valence-electron chi connectivity index (χ2n) is 3.65. The van der Waals surface area contributed by atoms with Gasteiger partial charge in [0.2, 0.25) is 0 Å². The number of hydrogen-bond donors (Lipinski definition) is 0. The molecule has 0 saturated heterocycles. The molecule has 0 fully saturated rings. The molecule has 0 heterocycles. The summed E-state index contributed by atoms with van der Waals surface area (Å²) in [6.45, 7) is 1.76. The van der Waals surface area contributed by atoms with Crippen LogP contribution in [0.4, 0.5) is 4.39 Å². The molecule has 0 aliphatic heterocycles. The zero-order chi connectivity index (χ0) is 11.7. The molecule has 3 heteroatoms. The minimum Gasteiger partial charge on any atom is -0.293 e. The van der Waals surface area contributed by atoms with Crippen LogP contribution in [-0.2, 0) is 0 Å². The Morgan fingerprint density at radius 3 is 2.75 bits per heavy atom. The fraction of sp³-hybridized carbons (Fsp3) is 0.154. The standard InChI is InChI=1S/C13H10BrFO/c1-8(14)13(16)11-4-2-3-9-5-6-10(15)7-12(9)11/h2-8H,1H3. The van der Waals surface area contributed by atoms with E-state index in [2.05, 4.69) is 15.9 Å². The van der Waals surface area contributed by atoms with E-state index in [1.54, 1.807) is 19.1 Å². The molecule has 1 nitrogen and oxygen atoms in total. The van der Waals surface area contributed by atoms with E-state index >= 15 is 0 Å². The van der Waals surface area contributed by atoms with Crippen molar-refractivity contribution in [2.75, 3.05) is 0 Å². The largest absolute Gasteiger partial charge is 0.293 e. The quantitative estimate of drug-likeness (QED) is 0.602. The number of rotatable bonds is 2. The Labute approximate surface area is 101 Å². The maximum Gasteiger partial charge on any atom is 0.176 e. The minimum atomic E-state index is -0.324. The summed E-state index contributed by atoms with van der Waals surface area (Å²) in [6.07, 6.45) is 0. The highest BCUT2D eigenvalue weighted by Crippen LogP contribution is 2.22.